The molecular weight excluding hydrogens is 287 g/mol. The van der Waals surface area contributed by atoms with Crippen molar-refractivity contribution in [2.75, 3.05) is 18.5 Å². The molecule has 1 rings (SSSR count). The van der Waals surface area contributed by atoms with Crippen molar-refractivity contribution in [1.29, 1.82) is 0 Å². The highest BCUT2D eigenvalue weighted by molar-refractivity contribution is 6.35. The molecular formula is C13H18Cl2N2O2. The van der Waals surface area contributed by atoms with Gasteiger partial charge in [0.2, 0.25) is 0 Å². The minimum absolute atomic E-state index is 0.207. The highest BCUT2D eigenvalue weighted by atomic mass is 35.5. The molecule has 0 spiro atoms. The predicted octanol–water partition coefficient (Wildman–Crippen LogP) is 3.93. The first-order valence-electron chi connectivity index (χ1n) is 6.10. The van der Waals surface area contributed by atoms with E-state index in [1.807, 2.05) is 13.8 Å². The molecule has 106 valence electrons. The van der Waals surface area contributed by atoms with E-state index in [-0.39, 0.29) is 12.1 Å². The molecule has 0 unspecified atom stereocenters. The molecule has 0 saturated heterocycles. The van der Waals surface area contributed by atoms with Crippen LogP contribution in [-0.4, -0.2) is 25.3 Å². The highest BCUT2D eigenvalue weighted by Gasteiger charge is 2.05. The number of urea groups is 1. The first kappa shape index (κ1) is 16.1. The Bertz CT molecular complexity index is 425. The third-order valence-corrected chi connectivity index (χ3v) is 2.80. The molecule has 0 aliphatic carbocycles. The van der Waals surface area contributed by atoms with Gasteiger partial charge in [0, 0.05) is 18.2 Å². The van der Waals surface area contributed by atoms with E-state index in [1.54, 1.807) is 18.2 Å². The summed E-state index contributed by atoms with van der Waals surface area (Å²) in [6.07, 6.45) is 0.966. The van der Waals surface area contributed by atoms with Crippen LogP contribution in [0.2, 0.25) is 10.0 Å². The number of hydrogen-bond donors (Lipinski definition) is 2. The number of rotatable bonds is 6. The second-order valence-electron chi connectivity index (χ2n) is 4.28. The molecule has 0 atom stereocenters. The highest BCUT2D eigenvalue weighted by Crippen LogP contribution is 2.25. The summed E-state index contributed by atoms with van der Waals surface area (Å²) in [5.41, 5.74) is 0.491. The summed E-state index contributed by atoms with van der Waals surface area (Å²) in [5, 5.41) is 6.33. The average Bonchev–Trinajstić information content (AvgIpc) is 2.33. The first-order valence-corrected chi connectivity index (χ1v) is 6.86. The zero-order valence-electron chi connectivity index (χ0n) is 11.0. The Morgan fingerprint density at radius 3 is 2.79 bits per heavy atom. The molecule has 0 radical (unpaired) electrons. The van der Waals surface area contributed by atoms with Gasteiger partial charge >= 0.3 is 6.03 Å². The molecule has 0 fully saturated rings. The molecule has 0 aromatic heterocycles. The first-order chi connectivity index (χ1) is 8.99. The van der Waals surface area contributed by atoms with Crippen LogP contribution in [0.5, 0.6) is 0 Å². The fraction of sp³-hybridized carbons (Fsp3) is 0.462. The lowest BCUT2D eigenvalue weighted by Gasteiger charge is -2.10. The molecule has 0 bridgehead atoms. The van der Waals surface area contributed by atoms with Gasteiger partial charge in [0.1, 0.15) is 0 Å². The second-order valence-corrected chi connectivity index (χ2v) is 5.12. The van der Waals surface area contributed by atoms with E-state index in [0.717, 1.165) is 6.42 Å². The smallest absolute Gasteiger partial charge is 0.319 e. The molecule has 2 amide bonds. The van der Waals surface area contributed by atoms with E-state index >= 15 is 0 Å². The van der Waals surface area contributed by atoms with Crippen molar-refractivity contribution < 1.29 is 9.53 Å². The predicted molar refractivity (Wildman–Crippen MR) is 79.2 cm³/mol. The van der Waals surface area contributed by atoms with Gasteiger partial charge in [-0.3, -0.25) is 0 Å². The van der Waals surface area contributed by atoms with E-state index < -0.39 is 0 Å². The van der Waals surface area contributed by atoms with Gasteiger partial charge in [-0.2, -0.15) is 0 Å². The molecule has 6 heteroatoms. The Kier molecular flexibility index (Phi) is 6.99. The third-order valence-electron chi connectivity index (χ3n) is 2.23. The van der Waals surface area contributed by atoms with E-state index in [9.17, 15) is 4.79 Å². The number of carbonyl (C=O) groups excluding carboxylic acids is 1. The summed E-state index contributed by atoms with van der Waals surface area (Å²) >= 11 is 11.8. The second kappa shape index (κ2) is 8.25. The van der Waals surface area contributed by atoms with Crippen LogP contribution in [0.15, 0.2) is 18.2 Å². The van der Waals surface area contributed by atoms with Crippen LogP contribution in [0.4, 0.5) is 10.5 Å². The van der Waals surface area contributed by atoms with Crippen molar-refractivity contribution in [3.8, 4) is 0 Å². The standard InChI is InChI=1S/C13H18Cl2N2O2/c1-9(2)19-7-3-6-16-13(18)17-12-8-10(14)4-5-11(12)15/h4-5,8-9H,3,6-7H2,1-2H3,(H2,16,17,18). The molecule has 1 aromatic carbocycles. The Morgan fingerprint density at radius 2 is 2.11 bits per heavy atom. The van der Waals surface area contributed by atoms with Crippen molar-refractivity contribution in [2.24, 2.45) is 0 Å². The van der Waals surface area contributed by atoms with Gasteiger partial charge in [-0.05, 0) is 38.5 Å². The van der Waals surface area contributed by atoms with Crippen LogP contribution in [0.25, 0.3) is 0 Å². The number of halogens is 2. The van der Waals surface area contributed by atoms with Gasteiger partial charge in [-0.25, -0.2) is 4.79 Å². The molecule has 2 N–H and O–H groups in total. The number of amides is 2. The van der Waals surface area contributed by atoms with Gasteiger partial charge in [0.15, 0.2) is 0 Å². The quantitative estimate of drug-likeness (QED) is 0.782. The Balaban J connectivity index is 2.29. The number of hydrogen-bond acceptors (Lipinski definition) is 2. The fourth-order valence-corrected chi connectivity index (χ4v) is 1.69. The van der Waals surface area contributed by atoms with Gasteiger partial charge in [0.25, 0.3) is 0 Å². The van der Waals surface area contributed by atoms with Crippen molar-refractivity contribution >= 4 is 34.9 Å². The van der Waals surface area contributed by atoms with E-state index in [2.05, 4.69) is 10.6 Å². The third kappa shape index (κ3) is 6.66. The van der Waals surface area contributed by atoms with Crippen molar-refractivity contribution in [2.45, 2.75) is 26.4 Å². The number of benzene rings is 1. The SMILES string of the molecule is CC(C)OCCCNC(=O)Nc1cc(Cl)ccc1Cl. The van der Waals surface area contributed by atoms with Crippen LogP contribution < -0.4 is 10.6 Å². The van der Waals surface area contributed by atoms with Gasteiger partial charge in [-0.15, -0.1) is 0 Å². The Morgan fingerprint density at radius 1 is 1.37 bits per heavy atom. The number of carbonyl (C=O) groups is 1. The summed E-state index contributed by atoms with van der Waals surface area (Å²) < 4.78 is 5.37. The monoisotopic (exact) mass is 304 g/mol. The van der Waals surface area contributed by atoms with Crippen LogP contribution in [0.3, 0.4) is 0 Å². The lowest BCUT2D eigenvalue weighted by Crippen LogP contribution is -2.30. The van der Waals surface area contributed by atoms with E-state index in [4.69, 9.17) is 27.9 Å². The number of nitrogens with one attached hydrogen (secondary N) is 2. The molecule has 1 aromatic rings. The lowest BCUT2D eigenvalue weighted by molar-refractivity contribution is 0.0775. The van der Waals surface area contributed by atoms with Gasteiger partial charge in [0.05, 0.1) is 16.8 Å². The zero-order chi connectivity index (χ0) is 14.3. The van der Waals surface area contributed by atoms with Crippen LogP contribution in [0, 0.1) is 0 Å². The maximum Gasteiger partial charge on any atom is 0.319 e. The molecule has 4 nitrogen and oxygen atoms in total. The molecule has 0 aliphatic heterocycles. The van der Waals surface area contributed by atoms with Crippen molar-refractivity contribution in [3.63, 3.8) is 0 Å². The maximum atomic E-state index is 11.6. The topological polar surface area (TPSA) is 50.4 Å². The minimum Gasteiger partial charge on any atom is -0.379 e. The summed E-state index contributed by atoms with van der Waals surface area (Å²) in [7, 11) is 0. The van der Waals surface area contributed by atoms with Crippen LogP contribution >= 0.6 is 23.2 Å². The fourth-order valence-electron chi connectivity index (χ4n) is 1.35. The van der Waals surface area contributed by atoms with Crippen molar-refractivity contribution in [1.82, 2.24) is 5.32 Å². The Labute approximate surface area is 123 Å². The molecule has 0 aliphatic rings. The summed E-state index contributed by atoms with van der Waals surface area (Å²) in [6.45, 7) is 5.11. The number of anilines is 1. The summed E-state index contributed by atoms with van der Waals surface area (Å²) in [4.78, 5) is 11.6. The minimum atomic E-state index is -0.311. The summed E-state index contributed by atoms with van der Waals surface area (Å²) in [6, 6.07) is 4.59. The zero-order valence-corrected chi connectivity index (χ0v) is 12.5. The van der Waals surface area contributed by atoms with Crippen LogP contribution in [0.1, 0.15) is 20.3 Å². The van der Waals surface area contributed by atoms with Gasteiger partial charge in [-0.1, -0.05) is 23.2 Å². The van der Waals surface area contributed by atoms with E-state index in [1.165, 1.54) is 0 Å². The summed E-state index contributed by atoms with van der Waals surface area (Å²) in [5.74, 6) is 0. The van der Waals surface area contributed by atoms with Crippen LogP contribution in [-0.2, 0) is 4.74 Å². The lowest BCUT2D eigenvalue weighted by atomic mass is 10.3. The average molecular weight is 305 g/mol. The Hall–Kier alpha value is -0.970. The normalized spacial score (nSPS) is 10.6. The molecule has 19 heavy (non-hydrogen) atoms. The number of ether oxygens (including phenoxy) is 1. The molecule has 0 heterocycles. The maximum absolute atomic E-state index is 11.6. The largest absolute Gasteiger partial charge is 0.379 e. The van der Waals surface area contributed by atoms with E-state index in [0.29, 0.717) is 28.9 Å². The van der Waals surface area contributed by atoms with Crippen molar-refractivity contribution in [3.05, 3.63) is 28.2 Å². The van der Waals surface area contributed by atoms with Gasteiger partial charge < -0.3 is 15.4 Å². The molecule has 0 saturated carbocycles.